The number of ether oxygens (including phenoxy) is 1. The summed E-state index contributed by atoms with van der Waals surface area (Å²) in [5.74, 6) is -0.907. The van der Waals surface area contributed by atoms with E-state index in [0.29, 0.717) is 0 Å². The molecule has 1 aromatic heterocycles. The fraction of sp³-hybridized carbons (Fsp3) is 0.182. The van der Waals surface area contributed by atoms with Gasteiger partial charge < -0.3 is 10.1 Å². The highest BCUT2D eigenvalue weighted by Crippen LogP contribution is 2.42. The molecule has 14 heteroatoms. The van der Waals surface area contributed by atoms with Gasteiger partial charge in [0, 0.05) is 6.20 Å². The van der Waals surface area contributed by atoms with Gasteiger partial charge in [0.1, 0.15) is 12.3 Å². The second kappa shape index (κ2) is 10.0. The van der Waals surface area contributed by atoms with E-state index >= 15 is 0 Å². The first-order chi connectivity index (χ1) is 16.7. The molecule has 0 unspecified atom stereocenters. The molecule has 0 saturated carbocycles. The molecule has 0 atom stereocenters. The van der Waals surface area contributed by atoms with Crippen LogP contribution in [0.5, 0.6) is 5.75 Å². The lowest BCUT2D eigenvalue weighted by Gasteiger charge is -2.27. The highest BCUT2D eigenvalue weighted by molar-refractivity contribution is 7.92. The number of pyridine rings is 1. The minimum Gasteiger partial charge on any atom is -0.497 e. The molecule has 0 spiro atoms. The van der Waals surface area contributed by atoms with Gasteiger partial charge in [-0.05, 0) is 54.6 Å². The zero-order valence-electron chi connectivity index (χ0n) is 18.3. The summed E-state index contributed by atoms with van der Waals surface area (Å²) in [5.41, 5.74) is -4.49. The Morgan fingerprint density at radius 3 is 2.19 bits per heavy atom. The van der Waals surface area contributed by atoms with Crippen LogP contribution < -0.4 is 14.4 Å². The molecule has 0 radical (unpaired) electrons. The van der Waals surface area contributed by atoms with Gasteiger partial charge in [0.05, 0.1) is 40.7 Å². The number of sulfonamides is 1. The second-order valence-corrected chi connectivity index (χ2v) is 9.07. The molecule has 0 saturated heterocycles. The quantitative estimate of drug-likeness (QED) is 0.434. The van der Waals surface area contributed by atoms with E-state index in [1.807, 2.05) is 0 Å². The third-order valence-corrected chi connectivity index (χ3v) is 6.55. The standard InChI is InChI=1S/C22H17F6N3O4S/c1-35-16-5-7-17(8-6-16)36(33,34)31(13-20(32)30-15-3-2-10-29-12-15)19-11-14(21(23,24)25)4-9-18(19)22(26,27)28/h2-12H,13H2,1H3,(H,30,32). The molecule has 2 aromatic carbocycles. The molecule has 0 aliphatic carbocycles. The highest BCUT2D eigenvalue weighted by atomic mass is 32.2. The summed E-state index contributed by atoms with van der Waals surface area (Å²) >= 11 is 0. The molecule has 36 heavy (non-hydrogen) atoms. The first-order valence-electron chi connectivity index (χ1n) is 9.88. The minimum atomic E-state index is -5.24. The lowest BCUT2D eigenvalue weighted by molar-refractivity contribution is -0.141. The molecule has 3 rings (SSSR count). The smallest absolute Gasteiger partial charge is 0.418 e. The van der Waals surface area contributed by atoms with Crippen LogP contribution in [0.15, 0.2) is 71.9 Å². The SMILES string of the molecule is COc1ccc(S(=O)(=O)N(CC(=O)Nc2cccnc2)c2cc(C(F)(F)F)ccc2C(F)(F)F)cc1. The number of aromatic nitrogens is 1. The van der Waals surface area contributed by atoms with Crippen LogP contribution in [0.1, 0.15) is 11.1 Å². The lowest BCUT2D eigenvalue weighted by Crippen LogP contribution is -2.39. The lowest BCUT2D eigenvalue weighted by atomic mass is 10.1. The van der Waals surface area contributed by atoms with Gasteiger partial charge in [-0.15, -0.1) is 0 Å². The maximum atomic E-state index is 13.8. The summed E-state index contributed by atoms with van der Waals surface area (Å²) in [6.07, 6.45) is -7.78. The molecule has 0 aliphatic rings. The van der Waals surface area contributed by atoms with Crippen LogP contribution in [0.4, 0.5) is 37.7 Å². The van der Waals surface area contributed by atoms with Gasteiger partial charge in [-0.25, -0.2) is 8.42 Å². The van der Waals surface area contributed by atoms with Crippen LogP contribution in [-0.2, 0) is 27.2 Å². The van der Waals surface area contributed by atoms with E-state index in [2.05, 4.69) is 10.3 Å². The molecule has 1 amide bonds. The number of halogens is 6. The zero-order valence-corrected chi connectivity index (χ0v) is 19.1. The van der Waals surface area contributed by atoms with E-state index in [1.54, 1.807) is 0 Å². The Morgan fingerprint density at radius 1 is 1.00 bits per heavy atom. The number of hydrogen-bond donors (Lipinski definition) is 1. The van der Waals surface area contributed by atoms with Gasteiger partial charge in [-0.3, -0.25) is 14.1 Å². The third kappa shape index (κ3) is 6.05. The van der Waals surface area contributed by atoms with Gasteiger partial charge in [0.15, 0.2) is 0 Å². The maximum absolute atomic E-state index is 13.8. The van der Waals surface area contributed by atoms with Crippen molar-refractivity contribution in [2.24, 2.45) is 0 Å². The van der Waals surface area contributed by atoms with Crippen molar-refractivity contribution in [2.45, 2.75) is 17.2 Å². The summed E-state index contributed by atoms with van der Waals surface area (Å²) in [4.78, 5) is 15.8. The van der Waals surface area contributed by atoms with Crippen LogP contribution in [0.3, 0.4) is 0 Å². The summed E-state index contributed by atoms with van der Waals surface area (Å²) in [7, 11) is -3.69. The summed E-state index contributed by atoms with van der Waals surface area (Å²) in [6.45, 7) is -1.27. The van der Waals surface area contributed by atoms with Crippen LogP contribution in [0.25, 0.3) is 0 Å². The van der Waals surface area contributed by atoms with Gasteiger partial charge >= 0.3 is 12.4 Å². The fourth-order valence-electron chi connectivity index (χ4n) is 3.10. The Labute approximate surface area is 201 Å². The van der Waals surface area contributed by atoms with Crippen molar-refractivity contribution in [2.75, 3.05) is 23.3 Å². The van der Waals surface area contributed by atoms with Crippen molar-refractivity contribution in [1.82, 2.24) is 4.98 Å². The highest BCUT2D eigenvalue weighted by Gasteiger charge is 2.41. The molecule has 0 fully saturated rings. The molecule has 1 heterocycles. The molecule has 192 valence electrons. The van der Waals surface area contributed by atoms with Gasteiger partial charge in [-0.2, -0.15) is 26.3 Å². The summed E-state index contributed by atoms with van der Waals surface area (Å²) in [6, 6.07) is 7.50. The number of alkyl halides is 6. The number of benzene rings is 2. The van der Waals surface area contributed by atoms with E-state index in [0.717, 1.165) is 12.1 Å². The van der Waals surface area contributed by atoms with Crippen LogP contribution in [0.2, 0.25) is 0 Å². The number of rotatable bonds is 7. The number of anilines is 2. The Hall–Kier alpha value is -3.81. The van der Waals surface area contributed by atoms with Crippen molar-refractivity contribution >= 4 is 27.3 Å². The zero-order chi connectivity index (χ0) is 26.7. The van der Waals surface area contributed by atoms with E-state index in [4.69, 9.17) is 4.74 Å². The maximum Gasteiger partial charge on any atom is 0.418 e. The van der Waals surface area contributed by atoms with Crippen LogP contribution in [-0.4, -0.2) is 33.0 Å². The molecular formula is C22H17F6N3O4S. The van der Waals surface area contributed by atoms with E-state index < -0.39 is 56.5 Å². The predicted octanol–water partition coefficient (Wildman–Crippen LogP) is 4.96. The molecule has 0 bridgehead atoms. The average molecular weight is 533 g/mol. The van der Waals surface area contributed by atoms with Crippen molar-refractivity contribution in [1.29, 1.82) is 0 Å². The third-order valence-electron chi connectivity index (χ3n) is 4.78. The normalized spacial score (nSPS) is 12.2. The molecule has 1 N–H and O–H groups in total. The van der Waals surface area contributed by atoms with Gasteiger partial charge in [-0.1, -0.05) is 0 Å². The summed E-state index contributed by atoms with van der Waals surface area (Å²) in [5, 5.41) is 2.26. The molecule has 3 aromatic rings. The number of carbonyl (C=O) groups is 1. The number of amides is 1. The van der Waals surface area contributed by atoms with Gasteiger partial charge in [0.25, 0.3) is 10.0 Å². The van der Waals surface area contributed by atoms with Crippen molar-refractivity contribution in [3.8, 4) is 5.75 Å². The van der Waals surface area contributed by atoms with Crippen molar-refractivity contribution in [3.05, 3.63) is 78.1 Å². The number of methoxy groups -OCH3 is 1. The molecule has 7 nitrogen and oxygen atoms in total. The largest absolute Gasteiger partial charge is 0.497 e. The number of nitrogens with zero attached hydrogens (tertiary/aromatic N) is 2. The molecule has 0 aliphatic heterocycles. The first kappa shape index (κ1) is 26.8. The number of nitrogens with one attached hydrogen (secondary N) is 1. The Morgan fingerprint density at radius 2 is 1.67 bits per heavy atom. The Bertz CT molecular complexity index is 1330. The average Bonchev–Trinajstić information content (AvgIpc) is 2.81. The van der Waals surface area contributed by atoms with Crippen molar-refractivity contribution < 1.29 is 44.3 Å². The topological polar surface area (TPSA) is 88.6 Å². The predicted molar refractivity (Wildman–Crippen MR) is 117 cm³/mol. The summed E-state index contributed by atoms with van der Waals surface area (Å²) < 4.78 is 113. The fourth-order valence-corrected chi connectivity index (χ4v) is 4.53. The van der Waals surface area contributed by atoms with E-state index in [1.165, 1.54) is 43.8 Å². The second-order valence-electron chi connectivity index (χ2n) is 7.20. The first-order valence-corrected chi connectivity index (χ1v) is 11.3. The molecular weight excluding hydrogens is 516 g/mol. The number of hydrogen-bond acceptors (Lipinski definition) is 5. The van der Waals surface area contributed by atoms with Crippen LogP contribution >= 0.6 is 0 Å². The Kier molecular flexibility index (Phi) is 7.48. The van der Waals surface area contributed by atoms with Gasteiger partial charge in [0.2, 0.25) is 5.91 Å². The minimum absolute atomic E-state index is 0.0153. The van der Waals surface area contributed by atoms with E-state index in [9.17, 15) is 39.6 Å². The van der Waals surface area contributed by atoms with E-state index in [-0.39, 0.29) is 33.9 Å². The monoisotopic (exact) mass is 533 g/mol. The number of carbonyl (C=O) groups excluding carboxylic acids is 1. The van der Waals surface area contributed by atoms with Crippen molar-refractivity contribution in [3.63, 3.8) is 0 Å². The van der Waals surface area contributed by atoms with Crippen LogP contribution in [0, 0.1) is 0 Å². The Balaban J connectivity index is 2.19.